The molecule has 4 rings (SSSR count). The van der Waals surface area contributed by atoms with Crippen LogP contribution in [0.2, 0.25) is 0 Å². The number of fused-ring (bicyclic) bond motifs is 1. The first-order chi connectivity index (χ1) is 10.8. The number of pyridine rings is 1. The molecule has 2 aromatic heterocycles. The Bertz CT molecular complexity index is 912. The maximum Gasteiger partial charge on any atom is 0.124 e. The summed E-state index contributed by atoms with van der Waals surface area (Å²) in [5.41, 5.74) is 3.74. The van der Waals surface area contributed by atoms with E-state index in [9.17, 15) is 4.39 Å². The van der Waals surface area contributed by atoms with Gasteiger partial charge in [-0.2, -0.15) is 0 Å². The molecule has 0 aliphatic heterocycles. The van der Waals surface area contributed by atoms with Crippen molar-refractivity contribution in [2.45, 2.75) is 0 Å². The summed E-state index contributed by atoms with van der Waals surface area (Å²) in [6.45, 7) is 0. The molecular formula is C18H11FN2S. The summed E-state index contributed by atoms with van der Waals surface area (Å²) >= 11 is 1.66. The number of nitrogens with zero attached hydrogens (tertiary/aromatic N) is 2. The number of benzene rings is 2. The predicted molar refractivity (Wildman–Crippen MR) is 88.2 cm³/mol. The normalized spacial score (nSPS) is 11.0. The van der Waals surface area contributed by atoms with Crippen LogP contribution in [0.5, 0.6) is 0 Å². The van der Waals surface area contributed by atoms with Crippen molar-refractivity contribution in [1.82, 2.24) is 9.97 Å². The van der Waals surface area contributed by atoms with Gasteiger partial charge >= 0.3 is 0 Å². The summed E-state index contributed by atoms with van der Waals surface area (Å²) in [5.74, 6) is -0.244. The molecule has 22 heavy (non-hydrogen) atoms. The van der Waals surface area contributed by atoms with E-state index in [0.717, 1.165) is 32.0 Å². The Hall–Kier alpha value is -2.59. The second kappa shape index (κ2) is 5.31. The molecule has 0 amide bonds. The number of hydrogen-bond acceptors (Lipinski definition) is 3. The van der Waals surface area contributed by atoms with Crippen LogP contribution in [-0.4, -0.2) is 9.97 Å². The van der Waals surface area contributed by atoms with Crippen LogP contribution in [0.3, 0.4) is 0 Å². The molecule has 0 saturated carbocycles. The van der Waals surface area contributed by atoms with Gasteiger partial charge in [0.25, 0.3) is 0 Å². The van der Waals surface area contributed by atoms with Crippen molar-refractivity contribution < 1.29 is 4.39 Å². The highest BCUT2D eigenvalue weighted by molar-refractivity contribution is 7.21. The Morgan fingerprint density at radius 2 is 1.68 bits per heavy atom. The average molecular weight is 306 g/mol. The van der Waals surface area contributed by atoms with Gasteiger partial charge in [0.1, 0.15) is 10.8 Å². The van der Waals surface area contributed by atoms with Crippen LogP contribution in [0.1, 0.15) is 0 Å². The van der Waals surface area contributed by atoms with Gasteiger partial charge in [-0.15, -0.1) is 11.3 Å². The summed E-state index contributed by atoms with van der Waals surface area (Å²) in [4.78, 5) is 9.04. The lowest BCUT2D eigenvalue weighted by atomic mass is 10.1. The molecule has 0 atom stereocenters. The van der Waals surface area contributed by atoms with Crippen molar-refractivity contribution in [3.8, 4) is 21.8 Å². The standard InChI is InChI=1S/C18H11FN2S/c19-14-7-5-12(6-8-14)16-11-13(9-10-20-16)18-21-15-3-1-2-4-17(15)22-18/h1-11H. The third-order valence-electron chi connectivity index (χ3n) is 3.44. The largest absolute Gasteiger partial charge is 0.256 e. The second-order valence-electron chi connectivity index (χ2n) is 4.92. The number of para-hydroxylation sites is 1. The van der Waals surface area contributed by atoms with Crippen molar-refractivity contribution in [1.29, 1.82) is 0 Å². The Morgan fingerprint density at radius 3 is 2.50 bits per heavy atom. The molecule has 0 bridgehead atoms. The molecule has 2 nitrogen and oxygen atoms in total. The molecule has 4 heteroatoms. The zero-order chi connectivity index (χ0) is 14.9. The van der Waals surface area contributed by atoms with E-state index in [1.54, 1.807) is 29.7 Å². The van der Waals surface area contributed by atoms with E-state index >= 15 is 0 Å². The van der Waals surface area contributed by atoms with Crippen molar-refractivity contribution >= 4 is 21.6 Å². The van der Waals surface area contributed by atoms with E-state index in [2.05, 4.69) is 16.0 Å². The van der Waals surface area contributed by atoms with Gasteiger partial charge in [0.05, 0.1) is 15.9 Å². The third kappa shape index (κ3) is 2.38. The first kappa shape index (κ1) is 13.1. The smallest absolute Gasteiger partial charge is 0.124 e. The number of rotatable bonds is 2. The van der Waals surface area contributed by atoms with E-state index in [1.807, 2.05) is 30.3 Å². The van der Waals surface area contributed by atoms with Gasteiger partial charge < -0.3 is 0 Å². The van der Waals surface area contributed by atoms with Crippen molar-refractivity contribution in [2.75, 3.05) is 0 Å². The lowest BCUT2D eigenvalue weighted by Crippen LogP contribution is -1.85. The van der Waals surface area contributed by atoms with Crippen LogP contribution >= 0.6 is 11.3 Å². The maximum atomic E-state index is 13.0. The van der Waals surface area contributed by atoms with Gasteiger partial charge in [-0.25, -0.2) is 9.37 Å². The second-order valence-corrected chi connectivity index (χ2v) is 5.95. The number of thiazole rings is 1. The van der Waals surface area contributed by atoms with Crippen LogP contribution in [0.15, 0.2) is 66.9 Å². The first-order valence-electron chi connectivity index (χ1n) is 6.87. The molecule has 0 unspecified atom stereocenters. The molecule has 0 radical (unpaired) electrons. The van der Waals surface area contributed by atoms with Gasteiger partial charge in [-0.3, -0.25) is 4.98 Å². The van der Waals surface area contributed by atoms with Crippen LogP contribution in [0, 0.1) is 5.82 Å². The van der Waals surface area contributed by atoms with E-state index < -0.39 is 0 Å². The van der Waals surface area contributed by atoms with Crippen LogP contribution in [0.4, 0.5) is 4.39 Å². The third-order valence-corrected chi connectivity index (χ3v) is 4.53. The minimum Gasteiger partial charge on any atom is -0.256 e. The molecule has 0 fully saturated rings. The SMILES string of the molecule is Fc1ccc(-c2cc(-c3nc4ccccc4s3)ccn2)cc1. The van der Waals surface area contributed by atoms with E-state index in [1.165, 1.54) is 12.1 Å². The van der Waals surface area contributed by atoms with Gasteiger partial charge in [-0.05, 0) is 48.5 Å². The summed E-state index contributed by atoms with van der Waals surface area (Å²) in [6, 6.07) is 18.4. The zero-order valence-electron chi connectivity index (χ0n) is 11.5. The average Bonchev–Trinajstić information content (AvgIpc) is 3.00. The Kier molecular flexibility index (Phi) is 3.16. The van der Waals surface area contributed by atoms with Crippen LogP contribution in [-0.2, 0) is 0 Å². The van der Waals surface area contributed by atoms with Gasteiger partial charge in [0.2, 0.25) is 0 Å². The van der Waals surface area contributed by atoms with Crippen molar-refractivity contribution in [3.05, 3.63) is 72.7 Å². The Balaban J connectivity index is 1.79. The molecule has 0 saturated heterocycles. The quantitative estimate of drug-likeness (QED) is 0.511. The monoisotopic (exact) mass is 306 g/mol. The molecule has 4 aromatic rings. The van der Waals surface area contributed by atoms with E-state index in [0.29, 0.717) is 0 Å². The Labute approximate surface area is 130 Å². The van der Waals surface area contributed by atoms with Gasteiger partial charge in [0.15, 0.2) is 0 Å². The van der Waals surface area contributed by atoms with Crippen molar-refractivity contribution in [3.63, 3.8) is 0 Å². The Morgan fingerprint density at radius 1 is 0.864 bits per heavy atom. The fraction of sp³-hybridized carbons (Fsp3) is 0. The topological polar surface area (TPSA) is 25.8 Å². The lowest BCUT2D eigenvalue weighted by molar-refractivity contribution is 0.628. The van der Waals surface area contributed by atoms with Gasteiger partial charge in [0, 0.05) is 17.3 Å². The molecule has 0 aliphatic carbocycles. The number of halogens is 1. The molecule has 0 spiro atoms. The fourth-order valence-electron chi connectivity index (χ4n) is 2.34. The highest BCUT2D eigenvalue weighted by Crippen LogP contribution is 2.31. The summed E-state index contributed by atoms with van der Waals surface area (Å²) in [7, 11) is 0. The molecule has 2 aromatic carbocycles. The molecular weight excluding hydrogens is 295 g/mol. The summed E-state index contributed by atoms with van der Waals surface area (Å²) in [6.07, 6.45) is 1.76. The number of aromatic nitrogens is 2. The van der Waals surface area contributed by atoms with E-state index in [4.69, 9.17) is 0 Å². The van der Waals surface area contributed by atoms with E-state index in [-0.39, 0.29) is 5.82 Å². The predicted octanol–water partition coefficient (Wildman–Crippen LogP) is 5.16. The minimum atomic E-state index is -0.244. The highest BCUT2D eigenvalue weighted by Gasteiger charge is 2.08. The molecule has 106 valence electrons. The molecule has 0 aliphatic rings. The lowest BCUT2D eigenvalue weighted by Gasteiger charge is -2.02. The van der Waals surface area contributed by atoms with Crippen molar-refractivity contribution in [2.24, 2.45) is 0 Å². The van der Waals surface area contributed by atoms with Crippen LogP contribution in [0.25, 0.3) is 32.0 Å². The summed E-state index contributed by atoms with van der Waals surface area (Å²) < 4.78 is 14.2. The molecule has 2 heterocycles. The first-order valence-corrected chi connectivity index (χ1v) is 7.69. The highest BCUT2D eigenvalue weighted by atomic mass is 32.1. The number of hydrogen-bond donors (Lipinski definition) is 0. The van der Waals surface area contributed by atoms with Crippen LogP contribution < -0.4 is 0 Å². The summed E-state index contributed by atoms with van der Waals surface area (Å²) in [5, 5.41) is 0.965. The zero-order valence-corrected chi connectivity index (χ0v) is 12.3. The molecule has 0 N–H and O–H groups in total. The fourth-order valence-corrected chi connectivity index (χ4v) is 3.30. The van der Waals surface area contributed by atoms with Gasteiger partial charge in [-0.1, -0.05) is 12.1 Å². The maximum absolute atomic E-state index is 13.0. The minimum absolute atomic E-state index is 0.244.